The number of amides is 2. The number of hydrogen-bond donors (Lipinski definition) is 1. The third-order valence-corrected chi connectivity index (χ3v) is 3.21. The lowest BCUT2D eigenvalue weighted by Gasteiger charge is -2.22. The zero-order valence-corrected chi connectivity index (χ0v) is 12.6. The Kier molecular flexibility index (Phi) is 6.22. The van der Waals surface area contributed by atoms with Gasteiger partial charge in [-0.05, 0) is 43.0 Å². The number of aryl methyl sites for hydroxylation is 1. The third-order valence-electron chi connectivity index (χ3n) is 3.21. The maximum absolute atomic E-state index is 12.5. The summed E-state index contributed by atoms with van der Waals surface area (Å²) in [6.45, 7) is 7.55. The lowest BCUT2D eigenvalue weighted by Crippen LogP contribution is -2.32. The summed E-state index contributed by atoms with van der Waals surface area (Å²) in [7, 11) is 0. The van der Waals surface area contributed by atoms with Gasteiger partial charge in [0.25, 0.3) is 5.91 Å². The molecule has 1 aromatic rings. The first kappa shape index (κ1) is 16.2. The van der Waals surface area contributed by atoms with Gasteiger partial charge >= 0.3 is 0 Å². The van der Waals surface area contributed by atoms with E-state index in [-0.39, 0.29) is 5.91 Å². The van der Waals surface area contributed by atoms with Crippen molar-refractivity contribution < 1.29 is 9.59 Å². The molecule has 0 saturated carbocycles. The molecule has 0 heterocycles. The van der Waals surface area contributed by atoms with Crippen molar-refractivity contribution in [3.8, 4) is 0 Å². The van der Waals surface area contributed by atoms with Gasteiger partial charge in [0, 0.05) is 24.2 Å². The fourth-order valence-corrected chi connectivity index (χ4v) is 2.20. The Morgan fingerprint density at radius 3 is 2.00 bits per heavy atom. The van der Waals surface area contributed by atoms with Gasteiger partial charge in [-0.1, -0.05) is 20.8 Å². The number of carbonyl (C=O) groups is 2. The standard InChI is InChI=1S/C16H24N2O2/c1-4-7-18(8-5-2)16(20)14-10-12(6-3)9-13(11-14)15(17)19/h9-11H,4-8H2,1-3H3,(H2,17,19). The molecule has 4 heteroatoms. The van der Waals surface area contributed by atoms with Gasteiger partial charge < -0.3 is 10.6 Å². The highest BCUT2D eigenvalue weighted by Gasteiger charge is 2.16. The summed E-state index contributed by atoms with van der Waals surface area (Å²) in [6, 6.07) is 5.21. The summed E-state index contributed by atoms with van der Waals surface area (Å²) in [5, 5.41) is 0. The van der Waals surface area contributed by atoms with E-state index in [1.54, 1.807) is 12.1 Å². The van der Waals surface area contributed by atoms with Crippen molar-refractivity contribution in [3.63, 3.8) is 0 Å². The van der Waals surface area contributed by atoms with E-state index in [4.69, 9.17) is 5.73 Å². The summed E-state index contributed by atoms with van der Waals surface area (Å²) in [4.78, 5) is 25.7. The summed E-state index contributed by atoms with van der Waals surface area (Å²) in [6.07, 6.45) is 2.60. The average Bonchev–Trinajstić information content (AvgIpc) is 2.45. The fraction of sp³-hybridized carbons (Fsp3) is 0.500. The largest absolute Gasteiger partial charge is 0.366 e. The van der Waals surface area contributed by atoms with Gasteiger partial charge in [-0.15, -0.1) is 0 Å². The van der Waals surface area contributed by atoms with E-state index in [9.17, 15) is 9.59 Å². The van der Waals surface area contributed by atoms with Crippen LogP contribution in [0.5, 0.6) is 0 Å². The van der Waals surface area contributed by atoms with Crippen LogP contribution in [0.25, 0.3) is 0 Å². The van der Waals surface area contributed by atoms with Gasteiger partial charge in [-0.2, -0.15) is 0 Å². The molecule has 110 valence electrons. The van der Waals surface area contributed by atoms with Crippen LogP contribution in [0.2, 0.25) is 0 Å². The molecule has 2 amide bonds. The van der Waals surface area contributed by atoms with Crippen molar-refractivity contribution in [1.82, 2.24) is 4.90 Å². The Balaban J connectivity index is 3.12. The van der Waals surface area contributed by atoms with Crippen LogP contribution < -0.4 is 5.73 Å². The molecule has 0 aromatic heterocycles. The van der Waals surface area contributed by atoms with Gasteiger partial charge in [-0.3, -0.25) is 9.59 Å². The predicted molar refractivity (Wildman–Crippen MR) is 80.8 cm³/mol. The second-order valence-electron chi connectivity index (χ2n) is 4.93. The molecule has 0 saturated heterocycles. The first-order valence-corrected chi connectivity index (χ1v) is 7.26. The SMILES string of the molecule is CCCN(CCC)C(=O)c1cc(CC)cc(C(N)=O)c1. The molecule has 0 radical (unpaired) electrons. The van der Waals surface area contributed by atoms with E-state index < -0.39 is 5.91 Å². The molecule has 1 rings (SSSR count). The van der Waals surface area contributed by atoms with Gasteiger partial charge in [0.15, 0.2) is 0 Å². The van der Waals surface area contributed by atoms with Gasteiger partial charge in [0.1, 0.15) is 0 Å². The molecule has 0 aliphatic heterocycles. The van der Waals surface area contributed by atoms with Crippen molar-refractivity contribution >= 4 is 11.8 Å². The number of nitrogens with zero attached hydrogens (tertiary/aromatic N) is 1. The maximum atomic E-state index is 12.5. The quantitative estimate of drug-likeness (QED) is 0.832. The Labute approximate surface area is 121 Å². The van der Waals surface area contributed by atoms with Crippen molar-refractivity contribution in [3.05, 3.63) is 34.9 Å². The number of carbonyl (C=O) groups excluding carboxylic acids is 2. The molecule has 4 nitrogen and oxygen atoms in total. The van der Waals surface area contributed by atoms with Crippen LogP contribution in [0.4, 0.5) is 0 Å². The maximum Gasteiger partial charge on any atom is 0.253 e. The molecule has 0 bridgehead atoms. The second kappa shape index (κ2) is 7.68. The molecule has 2 N–H and O–H groups in total. The van der Waals surface area contributed by atoms with E-state index in [0.717, 1.165) is 37.9 Å². The smallest absolute Gasteiger partial charge is 0.253 e. The predicted octanol–water partition coefficient (Wildman–Crippen LogP) is 2.61. The van der Waals surface area contributed by atoms with Gasteiger partial charge in [0.2, 0.25) is 5.91 Å². The normalized spacial score (nSPS) is 10.3. The van der Waals surface area contributed by atoms with Crippen LogP contribution in [0.1, 0.15) is 59.9 Å². The van der Waals surface area contributed by atoms with Crippen LogP contribution in [0, 0.1) is 0 Å². The van der Waals surface area contributed by atoms with Crippen LogP contribution >= 0.6 is 0 Å². The Hall–Kier alpha value is -1.84. The molecule has 0 atom stereocenters. The molecule has 0 unspecified atom stereocenters. The lowest BCUT2D eigenvalue weighted by atomic mass is 10.0. The number of hydrogen-bond acceptors (Lipinski definition) is 2. The lowest BCUT2D eigenvalue weighted by molar-refractivity contribution is 0.0755. The van der Waals surface area contributed by atoms with Crippen molar-refractivity contribution in [2.24, 2.45) is 5.73 Å². The molecule has 1 aromatic carbocycles. The summed E-state index contributed by atoms with van der Waals surface area (Å²) < 4.78 is 0. The molecule has 0 spiro atoms. The zero-order valence-electron chi connectivity index (χ0n) is 12.6. The molecule has 20 heavy (non-hydrogen) atoms. The molecular weight excluding hydrogens is 252 g/mol. The van der Waals surface area contributed by atoms with E-state index >= 15 is 0 Å². The van der Waals surface area contributed by atoms with Crippen molar-refractivity contribution in [1.29, 1.82) is 0 Å². The molecule has 0 fully saturated rings. The zero-order chi connectivity index (χ0) is 15.1. The van der Waals surface area contributed by atoms with E-state index in [1.807, 2.05) is 31.7 Å². The minimum atomic E-state index is -0.494. The van der Waals surface area contributed by atoms with E-state index in [0.29, 0.717) is 11.1 Å². The third kappa shape index (κ3) is 4.08. The van der Waals surface area contributed by atoms with Gasteiger partial charge in [-0.25, -0.2) is 0 Å². The highest BCUT2D eigenvalue weighted by atomic mass is 16.2. The van der Waals surface area contributed by atoms with Crippen molar-refractivity contribution in [2.75, 3.05) is 13.1 Å². The van der Waals surface area contributed by atoms with E-state index in [1.165, 1.54) is 0 Å². The van der Waals surface area contributed by atoms with Crippen LogP contribution in [0.3, 0.4) is 0 Å². The molecule has 0 aliphatic carbocycles. The number of rotatable bonds is 7. The first-order chi connectivity index (χ1) is 9.53. The Morgan fingerprint density at radius 2 is 1.55 bits per heavy atom. The number of benzene rings is 1. The number of nitrogens with two attached hydrogens (primary N) is 1. The Morgan fingerprint density at radius 1 is 1.00 bits per heavy atom. The van der Waals surface area contributed by atoms with Crippen molar-refractivity contribution in [2.45, 2.75) is 40.0 Å². The Bertz CT molecular complexity index is 477. The minimum absolute atomic E-state index is 0.0218. The fourth-order valence-electron chi connectivity index (χ4n) is 2.20. The highest BCUT2D eigenvalue weighted by molar-refractivity contribution is 5.99. The van der Waals surface area contributed by atoms with Crippen LogP contribution in [-0.4, -0.2) is 29.8 Å². The summed E-state index contributed by atoms with van der Waals surface area (Å²) in [5.74, 6) is -0.515. The molecular formula is C16H24N2O2. The highest BCUT2D eigenvalue weighted by Crippen LogP contribution is 2.14. The van der Waals surface area contributed by atoms with Gasteiger partial charge in [0.05, 0.1) is 0 Å². The second-order valence-corrected chi connectivity index (χ2v) is 4.93. The van der Waals surface area contributed by atoms with Crippen LogP contribution in [-0.2, 0) is 6.42 Å². The molecule has 0 aliphatic rings. The number of primary amides is 1. The van der Waals surface area contributed by atoms with Crippen LogP contribution in [0.15, 0.2) is 18.2 Å². The van der Waals surface area contributed by atoms with E-state index in [2.05, 4.69) is 0 Å². The monoisotopic (exact) mass is 276 g/mol. The first-order valence-electron chi connectivity index (χ1n) is 7.26. The summed E-state index contributed by atoms with van der Waals surface area (Å²) >= 11 is 0. The minimum Gasteiger partial charge on any atom is -0.366 e. The topological polar surface area (TPSA) is 63.4 Å². The summed E-state index contributed by atoms with van der Waals surface area (Å²) in [5.41, 5.74) is 7.25. The average molecular weight is 276 g/mol.